The highest BCUT2D eigenvalue weighted by molar-refractivity contribution is 5.71. The summed E-state index contributed by atoms with van der Waals surface area (Å²) in [4.78, 5) is 23.7. The van der Waals surface area contributed by atoms with Crippen LogP contribution >= 0.6 is 0 Å². The van der Waals surface area contributed by atoms with Gasteiger partial charge in [-0.1, -0.05) is 86.6 Å². The Kier molecular flexibility index (Phi) is 7.76. The van der Waals surface area contributed by atoms with E-state index >= 15 is 0 Å². The molecule has 0 bridgehead atoms. The highest BCUT2D eigenvalue weighted by atomic mass is 16.5. The first kappa shape index (κ1) is 28.9. The van der Waals surface area contributed by atoms with E-state index in [9.17, 15) is 9.59 Å². The van der Waals surface area contributed by atoms with Gasteiger partial charge in [-0.2, -0.15) is 0 Å². The first-order valence-corrected chi connectivity index (χ1v) is 13.5. The van der Waals surface area contributed by atoms with Crippen molar-refractivity contribution in [3.63, 3.8) is 0 Å². The van der Waals surface area contributed by atoms with E-state index < -0.39 is 0 Å². The molecule has 2 aromatic rings. The molecule has 1 saturated carbocycles. The molecule has 0 aromatic heterocycles. The van der Waals surface area contributed by atoms with E-state index in [1.807, 2.05) is 12.1 Å². The van der Waals surface area contributed by atoms with Crippen LogP contribution in [0.2, 0.25) is 0 Å². The fraction of sp³-hybridized carbons (Fsp3) is 0.576. The SMILES string of the molecule is CC(=O)Oc1ccc(C2(c3ccc(OC(C)=O)c(C(C)(C)C)c3)CC(C)CC(C)(C)C2)cc1C(C)(C)C. The molecule has 1 unspecified atom stereocenters. The van der Waals surface area contributed by atoms with Crippen LogP contribution in [0.3, 0.4) is 0 Å². The molecule has 4 heteroatoms. The van der Waals surface area contributed by atoms with Crippen molar-refractivity contribution in [1.29, 1.82) is 0 Å². The molecule has 1 atom stereocenters. The van der Waals surface area contributed by atoms with Crippen LogP contribution in [0.5, 0.6) is 11.5 Å². The van der Waals surface area contributed by atoms with E-state index in [4.69, 9.17) is 9.47 Å². The molecule has 1 aliphatic rings. The van der Waals surface area contributed by atoms with Gasteiger partial charge in [0.15, 0.2) is 0 Å². The van der Waals surface area contributed by atoms with Gasteiger partial charge in [-0.15, -0.1) is 0 Å². The topological polar surface area (TPSA) is 52.6 Å². The van der Waals surface area contributed by atoms with Gasteiger partial charge in [-0.3, -0.25) is 9.59 Å². The van der Waals surface area contributed by atoms with Gasteiger partial charge >= 0.3 is 11.9 Å². The second kappa shape index (κ2) is 9.93. The van der Waals surface area contributed by atoms with Crippen LogP contribution in [0.1, 0.15) is 118 Å². The van der Waals surface area contributed by atoms with Crippen molar-refractivity contribution in [2.75, 3.05) is 0 Å². The van der Waals surface area contributed by atoms with Crippen molar-refractivity contribution in [3.8, 4) is 11.5 Å². The molecule has 3 rings (SSSR count). The van der Waals surface area contributed by atoms with Gasteiger partial charge in [-0.25, -0.2) is 0 Å². The summed E-state index contributed by atoms with van der Waals surface area (Å²) in [7, 11) is 0. The zero-order chi connectivity index (χ0) is 28.0. The van der Waals surface area contributed by atoms with Crippen LogP contribution < -0.4 is 9.47 Å². The monoisotopic (exact) mass is 506 g/mol. The predicted molar refractivity (Wildman–Crippen MR) is 150 cm³/mol. The summed E-state index contributed by atoms with van der Waals surface area (Å²) in [6.07, 6.45) is 3.19. The molecule has 202 valence electrons. The molecule has 1 fully saturated rings. The summed E-state index contributed by atoms with van der Waals surface area (Å²) in [6, 6.07) is 12.8. The average Bonchev–Trinajstić information content (AvgIpc) is 2.70. The Morgan fingerprint density at radius 3 is 1.49 bits per heavy atom. The van der Waals surface area contributed by atoms with Gasteiger partial charge in [-0.05, 0) is 64.7 Å². The highest BCUT2D eigenvalue weighted by Gasteiger charge is 2.46. The van der Waals surface area contributed by atoms with Crippen molar-refractivity contribution in [2.45, 2.75) is 112 Å². The van der Waals surface area contributed by atoms with Gasteiger partial charge in [0.25, 0.3) is 0 Å². The van der Waals surface area contributed by atoms with Crippen LogP contribution in [-0.2, 0) is 25.8 Å². The van der Waals surface area contributed by atoms with E-state index in [1.165, 1.54) is 31.4 Å². The number of rotatable bonds is 4. The maximum atomic E-state index is 11.9. The number of carbonyl (C=O) groups is 2. The first-order valence-electron chi connectivity index (χ1n) is 13.5. The van der Waals surface area contributed by atoms with Gasteiger partial charge < -0.3 is 9.47 Å². The van der Waals surface area contributed by atoms with E-state index in [0.717, 1.165) is 24.0 Å². The van der Waals surface area contributed by atoms with Crippen LogP contribution in [0.25, 0.3) is 0 Å². The number of hydrogen-bond donors (Lipinski definition) is 0. The Morgan fingerprint density at radius 1 is 0.757 bits per heavy atom. The zero-order valence-corrected chi connectivity index (χ0v) is 24.8. The predicted octanol–water partition coefficient (Wildman–Crippen LogP) is 8.26. The van der Waals surface area contributed by atoms with Gasteiger partial charge in [0.2, 0.25) is 0 Å². The van der Waals surface area contributed by atoms with E-state index in [0.29, 0.717) is 17.4 Å². The van der Waals surface area contributed by atoms with Crippen LogP contribution in [-0.4, -0.2) is 11.9 Å². The fourth-order valence-electron chi connectivity index (χ4n) is 6.49. The molecule has 1 aliphatic carbocycles. The van der Waals surface area contributed by atoms with Gasteiger partial charge in [0.05, 0.1) is 0 Å². The second-order valence-corrected chi connectivity index (χ2v) is 14.0. The number of carbonyl (C=O) groups excluding carboxylic acids is 2. The minimum Gasteiger partial charge on any atom is -0.426 e. The molecule has 0 amide bonds. The van der Waals surface area contributed by atoms with Crippen LogP contribution in [0, 0.1) is 11.3 Å². The summed E-state index contributed by atoms with van der Waals surface area (Å²) in [6.45, 7) is 22.9. The van der Waals surface area contributed by atoms with Crippen LogP contribution in [0.15, 0.2) is 36.4 Å². The molecule has 0 spiro atoms. The molecule has 0 heterocycles. The molecule has 0 N–H and O–H groups in total. The number of esters is 2. The Hall–Kier alpha value is -2.62. The lowest BCUT2D eigenvalue weighted by Crippen LogP contribution is -2.41. The lowest BCUT2D eigenvalue weighted by molar-refractivity contribution is -0.132. The standard InChI is InChI=1S/C33H46O4/c1-21-18-32(10,11)20-33(19-21,24-12-14-28(36-22(2)34)26(16-24)30(4,5)6)25-13-15-29(37-23(3)35)27(17-25)31(7,8)9/h12-17,21H,18-20H2,1-11H3. The van der Waals surface area contributed by atoms with Crippen LogP contribution in [0.4, 0.5) is 0 Å². The third kappa shape index (κ3) is 6.45. The Balaban J connectivity index is 2.34. The number of ether oxygens (including phenoxy) is 2. The summed E-state index contributed by atoms with van der Waals surface area (Å²) in [5.74, 6) is 1.17. The summed E-state index contributed by atoms with van der Waals surface area (Å²) >= 11 is 0. The lowest BCUT2D eigenvalue weighted by Gasteiger charge is -2.49. The maximum Gasteiger partial charge on any atom is 0.308 e. The summed E-state index contributed by atoms with van der Waals surface area (Å²) in [5, 5.41) is 0. The third-order valence-corrected chi connectivity index (χ3v) is 7.57. The Bertz CT molecular complexity index is 1100. The smallest absolute Gasteiger partial charge is 0.308 e. The maximum absolute atomic E-state index is 11.9. The minimum atomic E-state index is -0.309. The van der Waals surface area contributed by atoms with Crippen molar-refractivity contribution < 1.29 is 19.1 Å². The summed E-state index contributed by atoms with van der Waals surface area (Å²) < 4.78 is 11.3. The molecule has 0 radical (unpaired) electrons. The quantitative estimate of drug-likeness (QED) is 0.309. The van der Waals surface area contributed by atoms with Crippen molar-refractivity contribution in [3.05, 3.63) is 58.7 Å². The average molecular weight is 507 g/mol. The molecule has 4 nitrogen and oxygen atoms in total. The number of benzene rings is 2. The van der Waals surface area contributed by atoms with E-state index in [2.05, 4.69) is 86.6 Å². The van der Waals surface area contributed by atoms with Gasteiger partial charge in [0, 0.05) is 30.4 Å². The Labute approximate surface area is 224 Å². The molecular weight excluding hydrogens is 460 g/mol. The molecule has 0 saturated heterocycles. The largest absolute Gasteiger partial charge is 0.426 e. The van der Waals surface area contributed by atoms with Crippen molar-refractivity contribution in [2.24, 2.45) is 11.3 Å². The molecular formula is C33H46O4. The Morgan fingerprint density at radius 2 is 1.16 bits per heavy atom. The fourth-order valence-corrected chi connectivity index (χ4v) is 6.49. The first-order chi connectivity index (χ1) is 16.8. The number of hydrogen-bond acceptors (Lipinski definition) is 4. The van der Waals surface area contributed by atoms with E-state index in [-0.39, 0.29) is 33.6 Å². The molecule has 0 aliphatic heterocycles. The normalized spacial score (nSPS) is 19.3. The highest BCUT2D eigenvalue weighted by Crippen LogP contribution is 2.55. The molecule has 2 aromatic carbocycles. The van der Waals surface area contributed by atoms with E-state index in [1.54, 1.807) is 0 Å². The van der Waals surface area contributed by atoms with Crippen molar-refractivity contribution in [1.82, 2.24) is 0 Å². The van der Waals surface area contributed by atoms with Gasteiger partial charge in [0.1, 0.15) is 11.5 Å². The second-order valence-electron chi connectivity index (χ2n) is 14.0. The van der Waals surface area contributed by atoms with Crippen molar-refractivity contribution >= 4 is 11.9 Å². The zero-order valence-electron chi connectivity index (χ0n) is 24.8. The molecule has 37 heavy (non-hydrogen) atoms. The summed E-state index contributed by atoms with van der Waals surface area (Å²) in [5.41, 5.74) is 4.06. The minimum absolute atomic E-state index is 0.143. The lowest BCUT2D eigenvalue weighted by atomic mass is 9.55. The third-order valence-electron chi connectivity index (χ3n) is 7.57.